The van der Waals surface area contributed by atoms with Crippen LogP contribution in [0.5, 0.6) is 0 Å². The predicted molar refractivity (Wildman–Crippen MR) is 95.1 cm³/mol. The minimum absolute atomic E-state index is 0.170. The molecule has 1 aromatic heterocycles. The molecule has 2 aromatic rings. The maximum atomic E-state index is 12.2. The highest BCUT2D eigenvalue weighted by molar-refractivity contribution is 5.89. The maximum absolute atomic E-state index is 12.2. The molecule has 2 heterocycles. The number of carbonyl (C=O) groups excluding carboxylic acids is 1. The highest BCUT2D eigenvalue weighted by atomic mass is 16.5. The van der Waals surface area contributed by atoms with Crippen molar-refractivity contribution in [3.05, 3.63) is 42.7 Å². The van der Waals surface area contributed by atoms with Crippen molar-refractivity contribution in [3.63, 3.8) is 0 Å². The Labute approximate surface area is 147 Å². The molecule has 0 bridgehead atoms. The third kappa shape index (κ3) is 4.14. The zero-order chi connectivity index (χ0) is 17.1. The number of hydrogen-bond acceptors (Lipinski definition) is 4. The minimum atomic E-state index is -0.211. The van der Waals surface area contributed by atoms with Gasteiger partial charge in [0.05, 0.1) is 24.2 Å². The van der Waals surface area contributed by atoms with E-state index in [0.29, 0.717) is 23.5 Å². The highest BCUT2D eigenvalue weighted by Crippen LogP contribution is 2.38. The summed E-state index contributed by atoms with van der Waals surface area (Å²) in [6.07, 6.45) is 7.86. The van der Waals surface area contributed by atoms with Gasteiger partial charge in [0.15, 0.2) is 5.82 Å². The van der Waals surface area contributed by atoms with Gasteiger partial charge in [0, 0.05) is 18.2 Å². The second-order valence-electron chi connectivity index (χ2n) is 6.73. The maximum Gasteiger partial charge on any atom is 0.319 e. The summed E-state index contributed by atoms with van der Waals surface area (Å²) in [7, 11) is 0. The van der Waals surface area contributed by atoms with Gasteiger partial charge < -0.3 is 15.4 Å². The largest absolute Gasteiger partial charge is 0.378 e. The number of urea groups is 1. The van der Waals surface area contributed by atoms with Gasteiger partial charge in [0.2, 0.25) is 0 Å². The summed E-state index contributed by atoms with van der Waals surface area (Å²) in [5, 5.41) is 5.85. The lowest BCUT2D eigenvalue weighted by molar-refractivity contribution is -0.00889. The first-order valence-electron chi connectivity index (χ1n) is 8.84. The zero-order valence-corrected chi connectivity index (χ0v) is 14.0. The summed E-state index contributed by atoms with van der Waals surface area (Å²) < 4.78 is 5.80. The third-order valence-electron chi connectivity index (χ3n) is 4.74. The van der Waals surface area contributed by atoms with Gasteiger partial charge in [-0.05, 0) is 31.6 Å². The fourth-order valence-electron chi connectivity index (χ4n) is 3.24. The van der Waals surface area contributed by atoms with Crippen molar-refractivity contribution < 1.29 is 9.53 Å². The zero-order valence-electron chi connectivity index (χ0n) is 14.0. The monoisotopic (exact) mass is 338 g/mol. The number of carbonyl (C=O) groups is 1. The van der Waals surface area contributed by atoms with Crippen molar-refractivity contribution in [2.75, 3.05) is 11.9 Å². The van der Waals surface area contributed by atoms with E-state index in [4.69, 9.17) is 4.74 Å². The van der Waals surface area contributed by atoms with Crippen LogP contribution in [0.2, 0.25) is 0 Å². The van der Waals surface area contributed by atoms with Crippen LogP contribution in [-0.4, -0.2) is 34.8 Å². The van der Waals surface area contributed by atoms with Crippen LogP contribution in [0.3, 0.4) is 0 Å². The highest BCUT2D eigenvalue weighted by Gasteiger charge is 2.36. The van der Waals surface area contributed by atoms with Crippen molar-refractivity contribution in [1.29, 1.82) is 0 Å². The lowest BCUT2D eigenvalue weighted by atomic mass is 10.0. The minimum Gasteiger partial charge on any atom is -0.378 e. The number of nitrogens with zero attached hydrogens (tertiary/aromatic N) is 2. The van der Waals surface area contributed by atoms with E-state index < -0.39 is 0 Å². The number of aromatic nitrogens is 2. The first-order chi connectivity index (χ1) is 12.3. The molecule has 1 aliphatic carbocycles. The molecule has 6 nitrogen and oxygen atoms in total. The molecular formula is C19H22N4O2. The molecule has 2 fully saturated rings. The van der Waals surface area contributed by atoms with Gasteiger partial charge in [-0.15, -0.1) is 0 Å². The number of nitrogens with one attached hydrogen (secondary N) is 2. The van der Waals surface area contributed by atoms with Crippen LogP contribution in [-0.2, 0) is 4.74 Å². The van der Waals surface area contributed by atoms with Gasteiger partial charge in [0.1, 0.15) is 0 Å². The molecule has 0 radical (unpaired) electrons. The second-order valence-corrected chi connectivity index (χ2v) is 6.73. The molecule has 0 unspecified atom stereocenters. The fraction of sp³-hybridized carbons (Fsp3) is 0.421. The summed E-state index contributed by atoms with van der Waals surface area (Å²) in [6, 6.07) is 9.71. The Morgan fingerprint density at radius 1 is 1.08 bits per heavy atom. The average molecular weight is 338 g/mol. The molecule has 2 N–H and O–H groups in total. The topological polar surface area (TPSA) is 76.1 Å². The Hall–Kier alpha value is -2.47. The molecule has 1 aromatic carbocycles. The van der Waals surface area contributed by atoms with E-state index in [1.807, 2.05) is 30.3 Å². The van der Waals surface area contributed by atoms with E-state index in [1.54, 1.807) is 12.4 Å². The van der Waals surface area contributed by atoms with Gasteiger partial charge >= 0.3 is 6.03 Å². The molecular weight excluding hydrogens is 316 g/mol. The van der Waals surface area contributed by atoms with E-state index in [1.165, 1.54) is 12.8 Å². The van der Waals surface area contributed by atoms with Crippen LogP contribution < -0.4 is 10.6 Å². The molecule has 1 saturated carbocycles. The Kier molecular flexibility index (Phi) is 4.61. The summed E-state index contributed by atoms with van der Waals surface area (Å²) in [5.41, 5.74) is 1.54. The van der Waals surface area contributed by atoms with Gasteiger partial charge in [-0.3, -0.25) is 0 Å². The first kappa shape index (κ1) is 16.0. The molecule has 0 spiro atoms. The standard InChI is InChI=1S/C19H22N4O2/c24-19(22-15-8-9-25-17(10-15)13-6-7-13)23-16-11-20-18(21-12-16)14-4-2-1-3-5-14/h1-5,11-13,15,17H,6-10H2,(H2,22,23,24)/t15-,17+/m0/s1. The predicted octanol–water partition coefficient (Wildman–Crippen LogP) is 3.22. The Bertz CT molecular complexity index is 716. The van der Waals surface area contributed by atoms with E-state index in [-0.39, 0.29) is 12.1 Å². The van der Waals surface area contributed by atoms with E-state index in [2.05, 4.69) is 20.6 Å². The quantitative estimate of drug-likeness (QED) is 0.897. The van der Waals surface area contributed by atoms with Gasteiger partial charge in [-0.1, -0.05) is 30.3 Å². The van der Waals surface area contributed by atoms with Crippen molar-refractivity contribution >= 4 is 11.7 Å². The summed E-state index contributed by atoms with van der Waals surface area (Å²) in [5.74, 6) is 1.34. The van der Waals surface area contributed by atoms with E-state index in [9.17, 15) is 4.79 Å². The summed E-state index contributed by atoms with van der Waals surface area (Å²) >= 11 is 0. The van der Waals surface area contributed by atoms with Crippen LogP contribution >= 0.6 is 0 Å². The molecule has 1 saturated heterocycles. The number of anilines is 1. The lowest BCUT2D eigenvalue weighted by Crippen LogP contribution is -2.44. The number of ether oxygens (including phenoxy) is 1. The smallest absolute Gasteiger partial charge is 0.319 e. The first-order valence-corrected chi connectivity index (χ1v) is 8.84. The number of hydrogen-bond donors (Lipinski definition) is 2. The SMILES string of the molecule is O=C(Nc1cnc(-c2ccccc2)nc1)N[C@H]1CCO[C@@H](C2CC2)C1. The molecule has 2 aliphatic rings. The molecule has 130 valence electrons. The van der Waals surface area contributed by atoms with E-state index >= 15 is 0 Å². The molecule has 25 heavy (non-hydrogen) atoms. The Morgan fingerprint density at radius 3 is 2.56 bits per heavy atom. The molecule has 4 rings (SSSR count). The van der Waals surface area contributed by atoms with Crippen LogP contribution in [0.1, 0.15) is 25.7 Å². The lowest BCUT2D eigenvalue weighted by Gasteiger charge is -2.30. The summed E-state index contributed by atoms with van der Waals surface area (Å²) in [6.45, 7) is 0.723. The molecule has 1 aliphatic heterocycles. The van der Waals surface area contributed by atoms with Crippen LogP contribution in [0.15, 0.2) is 42.7 Å². The number of rotatable bonds is 4. The molecule has 2 amide bonds. The van der Waals surface area contributed by atoms with Crippen molar-refractivity contribution in [2.24, 2.45) is 5.92 Å². The van der Waals surface area contributed by atoms with Gasteiger partial charge in [-0.25, -0.2) is 14.8 Å². The number of amides is 2. The van der Waals surface area contributed by atoms with Crippen molar-refractivity contribution in [3.8, 4) is 11.4 Å². The Morgan fingerprint density at radius 2 is 1.84 bits per heavy atom. The van der Waals surface area contributed by atoms with Crippen molar-refractivity contribution in [2.45, 2.75) is 37.8 Å². The molecule has 6 heteroatoms. The normalized spacial score (nSPS) is 23.0. The third-order valence-corrected chi connectivity index (χ3v) is 4.74. The van der Waals surface area contributed by atoms with E-state index in [0.717, 1.165) is 25.0 Å². The second kappa shape index (κ2) is 7.19. The summed E-state index contributed by atoms with van der Waals surface area (Å²) in [4.78, 5) is 20.8. The fourth-order valence-corrected chi connectivity index (χ4v) is 3.24. The van der Waals surface area contributed by atoms with Crippen molar-refractivity contribution in [1.82, 2.24) is 15.3 Å². The average Bonchev–Trinajstić information content (AvgIpc) is 3.48. The molecule has 2 atom stereocenters. The number of benzene rings is 1. The van der Waals surface area contributed by atoms with Gasteiger partial charge in [-0.2, -0.15) is 0 Å². The van der Waals surface area contributed by atoms with Crippen LogP contribution in [0, 0.1) is 5.92 Å². The van der Waals surface area contributed by atoms with Crippen LogP contribution in [0.25, 0.3) is 11.4 Å². The van der Waals surface area contributed by atoms with Gasteiger partial charge in [0.25, 0.3) is 0 Å². The Balaban J connectivity index is 1.31. The van der Waals surface area contributed by atoms with Crippen LogP contribution in [0.4, 0.5) is 10.5 Å².